The number of hydrogen-bond donors (Lipinski definition) is 1. The fraction of sp³-hybridized carbons (Fsp3) is 0.294. The van der Waals surface area contributed by atoms with Crippen LogP contribution in [0.25, 0.3) is 0 Å². The first-order valence-electron chi connectivity index (χ1n) is 6.99. The van der Waals surface area contributed by atoms with Crippen LogP contribution in [0.15, 0.2) is 42.5 Å². The van der Waals surface area contributed by atoms with Crippen molar-refractivity contribution < 1.29 is 4.74 Å². The Hall–Kier alpha value is -0.780. The first kappa shape index (κ1) is 16.6. The van der Waals surface area contributed by atoms with Gasteiger partial charge < -0.3 is 10.5 Å². The van der Waals surface area contributed by atoms with E-state index in [-0.39, 0.29) is 6.04 Å². The van der Waals surface area contributed by atoms with Gasteiger partial charge in [0.15, 0.2) is 0 Å². The Labute approximate surface area is 144 Å². The van der Waals surface area contributed by atoms with Crippen molar-refractivity contribution in [2.45, 2.75) is 32.4 Å². The Morgan fingerprint density at radius 1 is 1.14 bits per heavy atom. The van der Waals surface area contributed by atoms with Crippen molar-refractivity contribution in [3.8, 4) is 5.75 Å². The number of ether oxygens (including phenoxy) is 1. The van der Waals surface area contributed by atoms with Crippen molar-refractivity contribution in [3.63, 3.8) is 0 Å². The third-order valence-electron chi connectivity index (χ3n) is 3.33. The first-order valence-corrected chi connectivity index (χ1v) is 8.45. The summed E-state index contributed by atoms with van der Waals surface area (Å²) < 4.78 is 7.00. The maximum Gasteiger partial charge on any atom is 0.138 e. The summed E-state index contributed by atoms with van der Waals surface area (Å²) in [5, 5.41) is 0.640. The molecule has 2 rings (SSSR count). The molecule has 1 atom stereocenters. The second kappa shape index (κ2) is 8.01. The van der Waals surface area contributed by atoms with E-state index in [1.165, 1.54) is 3.57 Å². The van der Waals surface area contributed by atoms with Crippen LogP contribution in [0, 0.1) is 3.57 Å². The minimum Gasteiger partial charge on any atom is -0.487 e. The molecule has 1 unspecified atom stereocenters. The van der Waals surface area contributed by atoms with Gasteiger partial charge in [0.05, 0.1) is 5.02 Å². The summed E-state index contributed by atoms with van der Waals surface area (Å²) in [5.41, 5.74) is 8.24. The summed E-state index contributed by atoms with van der Waals surface area (Å²) in [4.78, 5) is 0. The van der Waals surface area contributed by atoms with Crippen LogP contribution in [0.1, 0.15) is 24.5 Å². The Bertz CT molecular complexity index is 586. The van der Waals surface area contributed by atoms with E-state index in [1.54, 1.807) is 0 Å². The van der Waals surface area contributed by atoms with Crippen LogP contribution in [-0.2, 0) is 13.0 Å². The zero-order chi connectivity index (χ0) is 15.2. The molecule has 0 saturated heterocycles. The van der Waals surface area contributed by atoms with E-state index in [0.717, 1.165) is 24.0 Å². The predicted molar refractivity (Wildman–Crippen MR) is 96.9 cm³/mol. The highest BCUT2D eigenvalue weighted by molar-refractivity contribution is 14.1. The molecule has 0 aliphatic heterocycles. The highest BCUT2D eigenvalue weighted by Crippen LogP contribution is 2.27. The van der Waals surface area contributed by atoms with Gasteiger partial charge in [0.2, 0.25) is 0 Å². The van der Waals surface area contributed by atoms with Gasteiger partial charge in [-0.05, 0) is 70.8 Å². The Balaban J connectivity index is 1.99. The molecule has 0 saturated carbocycles. The lowest BCUT2D eigenvalue weighted by atomic mass is 10.0. The second-order valence-electron chi connectivity index (χ2n) is 5.05. The maximum atomic E-state index is 6.28. The van der Waals surface area contributed by atoms with Gasteiger partial charge in [0, 0.05) is 9.61 Å². The molecular weight excluding hydrogens is 397 g/mol. The SMILES string of the molecule is CCC(N)Cc1ccc(OCc2ccc(I)cc2)c(Cl)c1. The summed E-state index contributed by atoms with van der Waals surface area (Å²) in [7, 11) is 0. The number of nitrogens with two attached hydrogens (primary N) is 1. The largest absolute Gasteiger partial charge is 0.487 e. The third-order valence-corrected chi connectivity index (χ3v) is 4.34. The van der Waals surface area contributed by atoms with Crippen LogP contribution in [0.4, 0.5) is 0 Å². The van der Waals surface area contributed by atoms with Crippen molar-refractivity contribution in [3.05, 3.63) is 62.2 Å². The van der Waals surface area contributed by atoms with Gasteiger partial charge >= 0.3 is 0 Å². The maximum absolute atomic E-state index is 6.28. The van der Waals surface area contributed by atoms with Crippen molar-refractivity contribution in [1.29, 1.82) is 0 Å². The highest BCUT2D eigenvalue weighted by Gasteiger charge is 2.06. The molecule has 0 fully saturated rings. The van der Waals surface area contributed by atoms with Crippen LogP contribution < -0.4 is 10.5 Å². The fourth-order valence-electron chi connectivity index (χ4n) is 1.98. The Kier molecular flexibility index (Phi) is 6.33. The molecule has 0 bridgehead atoms. The standard InChI is InChI=1S/C17H19ClINO/c1-2-15(20)9-13-5-8-17(16(18)10-13)21-11-12-3-6-14(19)7-4-12/h3-8,10,15H,2,9,11,20H2,1H3. The fourth-order valence-corrected chi connectivity index (χ4v) is 2.59. The molecule has 112 valence electrons. The average molecular weight is 416 g/mol. The number of halogens is 2. The molecule has 4 heteroatoms. The minimum absolute atomic E-state index is 0.180. The monoisotopic (exact) mass is 415 g/mol. The zero-order valence-electron chi connectivity index (χ0n) is 12.0. The van der Waals surface area contributed by atoms with E-state index in [4.69, 9.17) is 22.1 Å². The van der Waals surface area contributed by atoms with Gasteiger partial charge in [-0.3, -0.25) is 0 Å². The average Bonchev–Trinajstić information content (AvgIpc) is 2.48. The Morgan fingerprint density at radius 2 is 1.81 bits per heavy atom. The lowest BCUT2D eigenvalue weighted by Crippen LogP contribution is -2.21. The summed E-state index contributed by atoms with van der Waals surface area (Å²) in [5.74, 6) is 0.712. The van der Waals surface area contributed by atoms with Gasteiger partial charge in [0.25, 0.3) is 0 Å². The van der Waals surface area contributed by atoms with E-state index in [2.05, 4.69) is 53.8 Å². The molecule has 2 N–H and O–H groups in total. The van der Waals surface area contributed by atoms with Crippen LogP contribution in [0.3, 0.4) is 0 Å². The van der Waals surface area contributed by atoms with Crippen LogP contribution in [-0.4, -0.2) is 6.04 Å². The molecule has 21 heavy (non-hydrogen) atoms. The molecule has 0 heterocycles. The van der Waals surface area contributed by atoms with E-state index < -0.39 is 0 Å². The molecule has 0 spiro atoms. The van der Waals surface area contributed by atoms with Gasteiger partial charge in [-0.1, -0.05) is 36.7 Å². The summed E-state index contributed by atoms with van der Waals surface area (Å²) in [6, 6.07) is 14.3. The van der Waals surface area contributed by atoms with Crippen LogP contribution in [0.5, 0.6) is 5.75 Å². The van der Waals surface area contributed by atoms with Crippen LogP contribution in [0.2, 0.25) is 5.02 Å². The van der Waals surface area contributed by atoms with E-state index >= 15 is 0 Å². The van der Waals surface area contributed by atoms with Crippen molar-refractivity contribution in [1.82, 2.24) is 0 Å². The number of rotatable bonds is 6. The smallest absolute Gasteiger partial charge is 0.138 e. The third kappa shape index (κ3) is 5.16. The Morgan fingerprint density at radius 3 is 2.43 bits per heavy atom. The van der Waals surface area contributed by atoms with Crippen molar-refractivity contribution in [2.75, 3.05) is 0 Å². The molecule has 0 radical (unpaired) electrons. The van der Waals surface area contributed by atoms with Crippen molar-refractivity contribution in [2.24, 2.45) is 5.73 Å². The molecule has 0 aliphatic rings. The molecule has 0 amide bonds. The summed E-state index contributed by atoms with van der Waals surface area (Å²) in [6.45, 7) is 2.61. The van der Waals surface area contributed by atoms with E-state index in [9.17, 15) is 0 Å². The predicted octanol–water partition coefficient (Wildman–Crippen LogP) is 4.80. The molecule has 0 aliphatic carbocycles. The zero-order valence-corrected chi connectivity index (χ0v) is 14.9. The topological polar surface area (TPSA) is 35.2 Å². The molecule has 2 aromatic rings. The lowest BCUT2D eigenvalue weighted by molar-refractivity contribution is 0.306. The van der Waals surface area contributed by atoms with Gasteiger partial charge in [-0.25, -0.2) is 0 Å². The van der Waals surface area contributed by atoms with Gasteiger partial charge in [0.1, 0.15) is 12.4 Å². The molecular formula is C17H19ClINO. The number of hydrogen-bond acceptors (Lipinski definition) is 2. The van der Waals surface area contributed by atoms with E-state index in [0.29, 0.717) is 17.4 Å². The van der Waals surface area contributed by atoms with Gasteiger partial charge in [-0.15, -0.1) is 0 Å². The minimum atomic E-state index is 0.180. The molecule has 2 aromatic carbocycles. The highest BCUT2D eigenvalue weighted by atomic mass is 127. The van der Waals surface area contributed by atoms with Gasteiger partial charge in [-0.2, -0.15) is 0 Å². The number of benzene rings is 2. The summed E-state index contributed by atoms with van der Waals surface area (Å²) >= 11 is 8.57. The second-order valence-corrected chi connectivity index (χ2v) is 6.71. The van der Waals surface area contributed by atoms with Crippen LogP contribution >= 0.6 is 34.2 Å². The lowest BCUT2D eigenvalue weighted by Gasteiger charge is -2.12. The normalized spacial score (nSPS) is 12.2. The molecule has 0 aromatic heterocycles. The summed E-state index contributed by atoms with van der Waals surface area (Å²) in [6.07, 6.45) is 1.80. The first-order chi connectivity index (χ1) is 10.1. The molecule has 2 nitrogen and oxygen atoms in total. The quantitative estimate of drug-likeness (QED) is 0.688. The van der Waals surface area contributed by atoms with Crippen molar-refractivity contribution >= 4 is 34.2 Å². The van der Waals surface area contributed by atoms with E-state index in [1.807, 2.05) is 18.2 Å².